The van der Waals surface area contributed by atoms with Crippen molar-refractivity contribution in [1.29, 1.82) is 0 Å². The van der Waals surface area contributed by atoms with Crippen LogP contribution in [0, 0.1) is 17.3 Å². The lowest BCUT2D eigenvalue weighted by Crippen LogP contribution is -2.54. The van der Waals surface area contributed by atoms with Gasteiger partial charge in [0.1, 0.15) is 6.54 Å². The van der Waals surface area contributed by atoms with Gasteiger partial charge in [-0.05, 0) is 94.1 Å². The van der Waals surface area contributed by atoms with Crippen molar-refractivity contribution in [3.05, 3.63) is 76.0 Å². The molecule has 2 aliphatic heterocycles. The monoisotopic (exact) mass is 669 g/mol. The maximum Gasteiger partial charge on any atom is 0.182 e. The highest BCUT2D eigenvalue weighted by Crippen LogP contribution is 2.57. The summed E-state index contributed by atoms with van der Waals surface area (Å²) < 4.78 is 3.01. The first kappa shape index (κ1) is 35.8. The normalized spacial score (nSPS) is 29.8. The summed E-state index contributed by atoms with van der Waals surface area (Å²) in [5.74, 6) is 1.58. The van der Waals surface area contributed by atoms with Crippen LogP contribution in [0.4, 0.5) is 5.69 Å². The van der Waals surface area contributed by atoms with Gasteiger partial charge in [-0.1, -0.05) is 115 Å². The topological polar surface area (TPSA) is 6.25 Å². The zero-order valence-corrected chi connectivity index (χ0v) is 32.2. The smallest absolute Gasteiger partial charge is 0.182 e. The minimum absolute atomic E-state index is 0.0216. The molecule has 2 fully saturated rings. The van der Waals surface area contributed by atoms with Gasteiger partial charge in [-0.15, -0.1) is 0 Å². The van der Waals surface area contributed by atoms with Gasteiger partial charge in [0.2, 0.25) is 0 Å². The van der Waals surface area contributed by atoms with Crippen LogP contribution in [0.25, 0.3) is 0 Å². The molecule has 2 saturated carbocycles. The molecule has 262 valence electrons. The fraction of sp³-hybridized carbons (Fsp3) is 0.667. The summed E-state index contributed by atoms with van der Waals surface area (Å²) in [5, 5.41) is 0.992. The Morgan fingerprint density at radius 2 is 1.52 bits per heavy atom. The SMILES string of the molecule is CCCN1/C(=C/C=C2\CCCC(/C=C/C3=[N+](CCC)C4(C5CCCCCCCC5)CCCCC4C3(C)C)=C2Cl)C(C)(C)c2ccccc21. The van der Waals surface area contributed by atoms with E-state index in [4.69, 9.17) is 11.6 Å². The van der Waals surface area contributed by atoms with Crippen molar-refractivity contribution in [2.75, 3.05) is 18.0 Å². The molecule has 0 N–H and O–H groups in total. The largest absolute Gasteiger partial charge is 0.344 e. The van der Waals surface area contributed by atoms with Gasteiger partial charge in [0, 0.05) is 59.1 Å². The molecular weight excluding hydrogens is 604 g/mol. The molecule has 2 unspecified atom stereocenters. The molecule has 3 aliphatic carbocycles. The molecular formula is C45H66ClN2+. The van der Waals surface area contributed by atoms with Crippen molar-refractivity contribution < 1.29 is 4.58 Å². The molecule has 0 aromatic heterocycles. The van der Waals surface area contributed by atoms with Crippen LogP contribution in [-0.2, 0) is 5.41 Å². The molecule has 0 saturated heterocycles. The Bertz CT molecular complexity index is 1460. The molecule has 0 amide bonds. The van der Waals surface area contributed by atoms with E-state index in [1.165, 1.54) is 125 Å². The van der Waals surface area contributed by atoms with Crippen LogP contribution in [0.3, 0.4) is 0 Å². The molecule has 1 aromatic carbocycles. The van der Waals surface area contributed by atoms with E-state index in [-0.39, 0.29) is 10.8 Å². The Morgan fingerprint density at radius 1 is 0.812 bits per heavy atom. The number of halogens is 1. The highest BCUT2D eigenvalue weighted by molar-refractivity contribution is 6.32. The van der Waals surface area contributed by atoms with E-state index in [9.17, 15) is 0 Å². The molecule has 0 radical (unpaired) electrons. The highest BCUT2D eigenvalue weighted by Gasteiger charge is 2.66. The van der Waals surface area contributed by atoms with Gasteiger partial charge in [0.15, 0.2) is 11.3 Å². The van der Waals surface area contributed by atoms with E-state index in [2.05, 4.69) is 99.6 Å². The number of hydrogen-bond donors (Lipinski definition) is 0. The molecule has 1 aromatic rings. The number of fused-ring (bicyclic) bond motifs is 2. The molecule has 0 bridgehead atoms. The van der Waals surface area contributed by atoms with Gasteiger partial charge in [-0.25, -0.2) is 4.58 Å². The number of nitrogens with zero attached hydrogens (tertiary/aromatic N) is 2. The lowest BCUT2D eigenvalue weighted by molar-refractivity contribution is -0.622. The van der Waals surface area contributed by atoms with E-state index in [0.717, 1.165) is 42.7 Å². The second kappa shape index (κ2) is 15.0. The fourth-order valence-corrected chi connectivity index (χ4v) is 11.4. The number of anilines is 1. The average molecular weight is 670 g/mol. The Labute approximate surface area is 299 Å². The van der Waals surface area contributed by atoms with Crippen LogP contribution in [0.1, 0.15) is 156 Å². The van der Waals surface area contributed by atoms with E-state index in [1.54, 1.807) is 5.71 Å². The molecule has 5 aliphatic rings. The molecule has 2 heterocycles. The summed E-state index contributed by atoms with van der Waals surface area (Å²) in [6, 6.07) is 8.97. The maximum atomic E-state index is 7.36. The third kappa shape index (κ3) is 6.47. The van der Waals surface area contributed by atoms with E-state index < -0.39 is 0 Å². The van der Waals surface area contributed by atoms with E-state index >= 15 is 0 Å². The molecule has 3 heteroatoms. The average Bonchev–Trinajstić information content (AvgIpc) is 3.48. The van der Waals surface area contributed by atoms with Crippen molar-refractivity contribution in [3.63, 3.8) is 0 Å². The minimum Gasteiger partial charge on any atom is -0.344 e. The van der Waals surface area contributed by atoms with Gasteiger partial charge in [0.05, 0.1) is 5.41 Å². The third-order valence-electron chi connectivity index (χ3n) is 13.3. The van der Waals surface area contributed by atoms with Crippen LogP contribution in [0.5, 0.6) is 0 Å². The van der Waals surface area contributed by atoms with Crippen LogP contribution in [0.15, 0.2) is 70.4 Å². The zero-order chi connectivity index (χ0) is 33.9. The first-order chi connectivity index (χ1) is 23.2. The van der Waals surface area contributed by atoms with E-state index in [1.807, 2.05) is 0 Å². The molecule has 2 nitrogen and oxygen atoms in total. The number of allylic oxidation sites excluding steroid dienone is 8. The summed E-state index contributed by atoms with van der Waals surface area (Å²) in [7, 11) is 0. The van der Waals surface area contributed by atoms with Crippen molar-refractivity contribution in [2.45, 2.75) is 162 Å². The van der Waals surface area contributed by atoms with Crippen molar-refractivity contribution in [3.8, 4) is 0 Å². The van der Waals surface area contributed by atoms with Crippen molar-refractivity contribution >= 4 is 23.0 Å². The van der Waals surface area contributed by atoms with Crippen molar-refractivity contribution in [1.82, 2.24) is 0 Å². The molecule has 0 spiro atoms. The standard InChI is InChI=1S/C45H66ClN2/c1-7-32-47-38-25-16-15-24-37(38)43(3,4)40(47)29-27-34-20-19-21-35(42(34)46)28-30-41-44(5,6)39-26-17-18-31-45(39,48(41)33-8-2)36-22-13-11-9-10-12-14-23-36/h15-16,24-25,27-30,36,39H,7-14,17-23,26,31-33H2,1-6H3/q+1. The zero-order valence-electron chi connectivity index (χ0n) is 31.5. The molecule has 6 rings (SSSR count). The second-order valence-electron chi connectivity index (χ2n) is 17.0. The Hall–Kier alpha value is -2.06. The first-order valence-electron chi connectivity index (χ1n) is 20.2. The van der Waals surface area contributed by atoms with Gasteiger partial charge in [0.25, 0.3) is 0 Å². The van der Waals surface area contributed by atoms with Crippen LogP contribution in [-0.4, -0.2) is 28.9 Å². The quantitative estimate of drug-likeness (QED) is 0.250. The Morgan fingerprint density at radius 3 is 2.25 bits per heavy atom. The lowest BCUT2D eigenvalue weighted by atomic mass is 9.57. The van der Waals surface area contributed by atoms with Gasteiger partial charge >= 0.3 is 0 Å². The van der Waals surface area contributed by atoms with Gasteiger partial charge in [-0.2, -0.15) is 0 Å². The number of hydrogen-bond acceptors (Lipinski definition) is 1. The van der Waals surface area contributed by atoms with Crippen LogP contribution >= 0.6 is 11.6 Å². The third-order valence-corrected chi connectivity index (χ3v) is 13.8. The number of para-hydroxylation sites is 1. The lowest BCUT2D eigenvalue weighted by Gasteiger charge is -2.45. The van der Waals surface area contributed by atoms with Gasteiger partial charge in [-0.3, -0.25) is 0 Å². The summed E-state index contributed by atoms with van der Waals surface area (Å²) in [5.41, 5.74) is 8.91. The first-order valence-corrected chi connectivity index (χ1v) is 20.6. The maximum absolute atomic E-state index is 7.36. The molecule has 48 heavy (non-hydrogen) atoms. The highest BCUT2D eigenvalue weighted by atomic mass is 35.5. The summed E-state index contributed by atoms with van der Waals surface area (Å²) in [6.07, 6.45) is 32.5. The van der Waals surface area contributed by atoms with Crippen LogP contribution < -0.4 is 4.90 Å². The minimum atomic E-state index is -0.0216. The Kier molecular flexibility index (Phi) is 11.2. The predicted octanol–water partition coefficient (Wildman–Crippen LogP) is 12.8. The van der Waals surface area contributed by atoms with Gasteiger partial charge < -0.3 is 4.90 Å². The van der Waals surface area contributed by atoms with Crippen LogP contribution in [0.2, 0.25) is 0 Å². The van der Waals surface area contributed by atoms with Crippen molar-refractivity contribution in [2.24, 2.45) is 17.3 Å². The number of rotatable bonds is 8. The summed E-state index contributed by atoms with van der Waals surface area (Å²) in [4.78, 5) is 2.54. The summed E-state index contributed by atoms with van der Waals surface area (Å²) >= 11 is 7.36. The Balaban J connectivity index is 1.36. The molecule has 2 atom stereocenters. The summed E-state index contributed by atoms with van der Waals surface area (Å²) in [6.45, 7) is 16.9. The fourth-order valence-electron chi connectivity index (χ4n) is 11.1. The van der Waals surface area contributed by atoms with E-state index in [0.29, 0.717) is 5.54 Å². The predicted molar refractivity (Wildman–Crippen MR) is 208 cm³/mol. The number of benzene rings is 1. The second-order valence-corrected chi connectivity index (χ2v) is 17.4.